The summed E-state index contributed by atoms with van der Waals surface area (Å²) in [6, 6.07) is 0. The lowest BCUT2D eigenvalue weighted by Gasteiger charge is -2.08. The first-order valence-electron chi connectivity index (χ1n) is 6.50. The van der Waals surface area contributed by atoms with Crippen LogP contribution in [0.15, 0.2) is 12.2 Å². The average molecular weight is 224 g/mol. The molecule has 0 spiro atoms. The first kappa shape index (κ1) is 15.3. The van der Waals surface area contributed by atoms with Crippen LogP contribution in [0.25, 0.3) is 0 Å². The Hall–Kier alpha value is -0.725. The molecular formula is C13H25BO2. The van der Waals surface area contributed by atoms with Crippen molar-refractivity contribution in [2.24, 2.45) is 0 Å². The highest BCUT2D eigenvalue weighted by Crippen LogP contribution is 2.13. The van der Waals surface area contributed by atoms with E-state index in [0.717, 1.165) is 19.6 Å². The molecule has 0 saturated carbocycles. The van der Waals surface area contributed by atoms with Gasteiger partial charge in [0.1, 0.15) is 6.71 Å². The Bertz CT molecular complexity index is 210. The Labute approximate surface area is 101 Å². The van der Waals surface area contributed by atoms with Crippen LogP contribution in [0, 0.1) is 0 Å². The molecule has 0 N–H and O–H groups in total. The van der Waals surface area contributed by atoms with E-state index < -0.39 is 0 Å². The normalized spacial score (nSPS) is 9.94. The summed E-state index contributed by atoms with van der Waals surface area (Å²) < 4.78 is 4.89. The number of unbranched alkanes of at least 4 members (excludes halogenated alkanes) is 1. The van der Waals surface area contributed by atoms with Crippen LogP contribution in [0.5, 0.6) is 0 Å². The topological polar surface area (TPSA) is 26.3 Å². The number of rotatable bonds is 9. The van der Waals surface area contributed by atoms with Gasteiger partial charge >= 0.3 is 5.97 Å². The molecule has 0 aromatic rings. The Morgan fingerprint density at radius 3 is 2.31 bits per heavy atom. The van der Waals surface area contributed by atoms with Crippen LogP contribution in [-0.2, 0) is 9.53 Å². The van der Waals surface area contributed by atoms with Gasteiger partial charge in [-0.3, -0.25) is 0 Å². The maximum atomic E-state index is 11.3. The second-order valence-corrected chi connectivity index (χ2v) is 4.25. The van der Waals surface area contributed by atoms with Gasteiger partial charge in [-0.05, 0) is 19.8 Å². The lowest BCUT2D eigenvalue weighted by Crippen LogP contribution is -2.09. The number of hydrogen-bond acceptors (Lipinski definition) is 2. The molecule has 0 aromatic heterocycles. The second-order valence-electron chi connectivity index (χ2n) is 4.25. The highest BCUT2D eigenvalue weighted by atomic mass is 16.5. The SMILES string of the molecule is C=C(CCCCB(CC)CC)C(=O)OCC. The summed E-state index contributed by atoms with van der Waals surface area (Å²) in [5, 5.41) is 0. The van der Waals surface area contributed by atoms with Gasteiger partial charge in [-0.2, -0.15) is 0 Å². The third-order valence-corrected chi connectivity index (χ3v) is 3.06. The van der Waals surface area contributed by atoms with E-state index in [4.69, 9.17) is 4.74 Å². The van der Waals surface area contributed by atoms with Gasteiger partial charge in [-0.1, -0.05) is 45.8 Å². The largest absolute Gasteiger partial charge is 0.463 e. The van der Waals surface area contributed by atoms with E-state index in [2.05, 4.69) is 20.4 Å². The minimum absolute atomic E-state index is 0.231. The Morgan fingerprint density at radius 2 is 1.81 bits per heavy atom. The highest BCUT2D eigenvalue weighted by molar-refractivity contribution is 6.58. The van der Waals surface area contributed by atoms with E-state index in [1.165, 1.54) is 25.4 Å². The molecule has 0 saturated heterocycles. The van der Waals surface area contributed by atoms with Gasteiger partial charge in [-0.25, -0.2) is 4.79 Å². The number of hydrogen-bond donors (Lipinski definition) is 0. The van der Waals surface area contributed by atoms with Gasteiger partial charge in [0.25, 0.3) is 0 Å². The fraction of sp³-hybridized carbons (Fsp3) is 0.769. The van der Waals surface area contributed by atoms with Gasteiger partial charge in [0, 0.05) is 5.57 Å². The molecule has 0 unspecified atom stereocenters. The van der Waals surface area contributed by atoms with E-state index in [1.54, 1.807) is 0 Å². The molecule has 0 heterocycles. The molecule has 0 fully saturated rings. The zero-order chi connectivity index (χ0) is 12.4. The van der Waals surface area contributed by atoms with Crippen molar-refractivity contribution < 1.29 is 9.53 Å². The number of ether oxygens (including phenoxy) is 1. The lowest BCUT2D eigenvalue weighted by atomic mass is 9.43. The molecule has 0 aliphatic carbocycles. The molecular weight excluding hydrogens is 199 g/mol. The minimum atomic E-state index is -0.231. The summed E-state index contributed by atoms with van der Waals surface area (Å²) >= 11 is 0. The van der Waals surface area contributed by atoms with E-state index in [1.807, 2.05) is 6.92 Å². The fourth-order valence-corrected chi connectivity index (χ4v) is 1.80. The van der Waals surface area contributed by atoms with E-state index in [0.29, 0.717) is 12.2 Å². The van der Waals surface area contributed by atoms with Gasteiger partial charge in [0.15, 0.2) is 0 Å². The summed E-state index contributed by atoms with van der Waals surface area (Å²) in [7, 11) is 0. The quantitative estimate of drug-likeness (QED) is 0.257. The van der Waals surface area contributed by atoms with Crippen LogP contribution in [0.2, 0.25) is 19.0 Å². The molecule has 0 amide bonds. The monoisotopic (exact) mass is 224 g/mol. The number of esters is 1. The van der Waals surface area contributed by atoms with Gasteiger partial charge in [0.2, 0.25) is 0 Å². The first-order chi connectivity index (χ1) is 7.65. The van der Waals surface area contributed by atoms with Crippen LogP contribution < -0.4 is 0 Å². The van der Waals surface area contributed by atoms with Gasteiger partial charge < -0.3 is 4.74 Å². The molecule has 0 atom stereocenters. The molecule has 0 aliphatic rings. The van der Waals surface area contributed by atoms with Gasteiger partial charge in [-0.15, -0.1) is 0 Å². The van der Waals surface area contributed by atoms with Gasteiger partial charge in [0.05, 0.1) is 6.61 Å². The Balaban J connectivity index is 3.58. The van der Waals surface area contributed by atoms with Crippen molar-refractivity contribution in [3.63, 3.8) is 0 Å². The molecule has 2 nitrogen and oxygen atoms in total. The molecule has 0 bridgehead atoms. The molecule has 0 aromatic carbocycles. The number of carbonyl (C=O) groups excluding carboxylic acids is 1. The predicted molar refractivity (Wildman–Crippen MR) is 71.1 cm³/mol. The maximum Gasteiger partial charge on any atom is 0.333 e. The van der Waals surface area contributed by atoms with Crippen molar-refractivity contribution in [1.29, 1.82) is 0 Å². The van der Waals surface area contributed by atoms with E-state index >= 15 is 0 Å². The summed E-state index contributed by atoms with van der Waals surface area (Å²) in [6.45, 7) is 11.3. The highest BCUT2D eigenvalue weighted by Gasteiger charge is 2.09. The summed E-state index contributed by atoms with van der Waals surface area (Å²) in [5.41, 5.74) is 0.617. The van der Waals surface area contributed by atoms with Crippen molar-refractivity contribution in [3.8, 4) is 0 Å². The Kier molecular flexibility index (Phi) is 9.07. The number of carbonyl (C=O) groups is 1. The van der Waals surface area contributed by atoms with Crippen LogP contribution in [0.1, 0.15) is 40.0 Å². The van der Waals surface area contributed by atoms with Crippen LogP contribution in [0.4, 0.5) is 0 Å². The summed E-state index contributed by atoms with van der Waals surface area (Å²) in [6.07, 6.45) is 6.80. The lowest BCUT2D eigenvalue weighted by molar-refractivity contribution is -0.138. The van der Waals surface area contributed by atoms with E-state index in [9.17, 15) is 4.79 Å². The predicted octanol–water partition coefficient (Wildman–Crippen LogP) is 3.81. The van der Waals surface area contributed by atoms with E-state index in [-0.39, 0.29) is 5.97 Å². The Morgan fingerprint density at radius 1 is 1.19 bits per heavy atom. The summed E-state index contributed by atoms with van der Waals surface area (Å²) in [4.78, 5) is 11.3. The zero-order valence-electron chi connectivity index (χ0n) is 11.1. The van der Waals surface area contributed by atoms with Crippen molar-refractivity contribution in [2.45, 2.75) is 59.0 Å². The van der Waals surface area contributed by atoms with Crippen molar-refractivity contribution in [3.05, 3.63) is 12.2 Å². The minimum Gasteiger partial charge on any atom is -0.463 e. The van der Waals surface area contributed by atoms with Crippen LogP contribution in [0.3, 0.4) is 0 Å². The second kappa shape index (κ2) is 9.50. The first-order valence-corrected chi connectivity index (χ1v) is 6.50. The van der Waals surface area contributed by atoms with Crippen LogP contribution in [-0.4, -0.2) is 19.3 Å². The standard InChI is InChI=1S/C13H25BO2/c1-5-14(6-2)11-9-8-10-12(4)13(15)16-7-3/h4-11H2,1-3H3. The molecule has 0 rings (SSSR count). The molecule has 3 heteroatoms. The smallest absolute Gasteiger partial charge is 0.333 e. The maximum absolute atomic E-state index is 11.3. The molecule has 0 aliphatic heterocycles. The average Bonchev–Trinajstić information content (AvgIpc) is 2.29. The third kappa shape index (κ3) is 6.70. The third-order valence-electron chi connectivity index (χ3n) is 3.06. The molecule has 0 radical (unpaired) electrons. The molecule has 92 valence electrons. The van der Waals surface area contributed by atoms with Crippen molar-refractivity contribution in [2.75, 3.05) is 6.61 Å². The van der Waals surface area contributed by atoms with Crippen molar-refractivity contribution >= 4 is 12.7 Å². The van der Waals surface area contributed by atoms with Crippen molar-refractivity contribution in [1.82, 2.24) is 0 Å². The zero-order valence-corrected chi connectivity index (χ0v) is 11.1. The molecule has 16 heavy (non-hydrogen) atoms. The fourth-order valence-electron chi connectivity index (χ4n) is 1.80. The van der Waals surface area contributed by atoms with Crippen LogP contribution >= 0.6 is 0 Å². The summed E-state index contributed by atoms with van der Waals surface area (Å²) in [5.74, 6) is -0.231.